The Morgan fingerprint density at radius 3 is 2.39 bits per heavy atom. The monoisotopic (exact) mass is 452 g/mol. The zero-order valence-corrected chi connectivity index (χ0v) is 18.8. The Balaban J connectivity index is 1.07. The molecule has 33 heavy (non-hydrogen) atoms. The van der Waals surface area contributed by atoms with Crippen LogP contribution in [-0.2, 0) is 14.2 Å². The van der Waals surface area contributed by atoms with Crippen LogP contribution in [0.4, 0.5) is 10.5 Å². The lowest BCUT2D eigenvalue weighted by Crippen LogP contribution is -2.43. The molecule has 4 unspecified atom stereocenters. The third-order valence-electron chi connectivity index (χ3n) is 6.74. The van der Waals surface area contributed by atoms with Crippen LogP contribution in [0.1, 0.15) is 32.1 Å². The summed E-state index contributed by atoms with van der Waals surface area (Å²) >= 11 is 0. The second-order valence-corrected chi connectivity index (χ2v) is 9.12. The molecule has 2 aliphatic heterocycles. The Morgan fingerprint density at radius 1 is 0.879 bits per heavy atom. The van der Waals surface area contributed by atoms with Crippen molar-refractivity contribution >= 4 is 11.8 Å². The van der Waals surface area contributed by atoms with E-state index in [1.54, 1.807) is 24.3 Å². The maximum Gasteiger partial charge on any atom is 0.412 e. The van der Waals surface area contributed by atoms with E-state index >= 15 is 0 Å². The number of para-hydroxylation sites is 1. The second-order valence-electron chi connectivity index (χ2n) is 9.12. The van der Waals surface area contributed by atoms with Gasteiger partial charge in [0.1, 0.15) is 23.7 Å². The molecule has 2 N–H and O–H groups in total. The van der Waals surface area contributed by atoms with E-state index in [2.05, 4.69) is 10.6 Å². The van der Waals surface area contributed by atoms with Crippen LogP contribution < -0.4 is 15.4 Å². The summed E-state index contributed by atoms with van der Waals surface area (Å²) in [5.74, 6) is 2.20. The highest BCUT2D eigenvalue weighted by Gasteiger charge is 2.49. The van der Waals surface area contributed by atoms with Crippen molar-refractivity contribution in [1.82, 2.24) is 5.32 Å². The van der Waals surface area contributed by atoms with Crippen molar-refractivity contribution in [3.63, 3.8) is 0 Å². The quantitative estimate of drug-likeness (QED) is 0.632. The van der Waals surface area contributed by atoms with Crippen LogP contribution in [0.2, 0.25) is 0 Å². The summed E-state index contributed by atoms with van der Waals surface area (Å²) in [4.78, 5) is 12.5. The molecule has 0 aromatic heterocycles. The molecular formula is C26H32N2O5. The molecule has 7 nitrogen and oxygen atoms in total. The molecule has 176 valence electrons. The van der Waals surface area contributed by atoms with Crippen LogP contribution in [0, 0.1) is 5.92 Å². The van der Waals surface area contributed by atoms with E-state index in [0.29, 0.717) is 24.7 Å². The molecule has 0 bridgehead atoms. The van der Waals surface area contributed by atoms with E-state index in [-0.39, 0.29) is 18.2 Å². The normalized spacial score (nSPS) is 27.2. The molecule has 0 spiro atoms. The number of carbonyl (C=O) groups is 1. The molecule has 2 aromatic rings. The van der Waals surface area contributed by atoms with Gasteiger partial charge in [-0.1, -0.05) is 37.5 Å². The van der Waals surface area contributed by atoms with Gasteiger partial charge in [-0.25, -0.2) is 4.79 Å². The first-order chi connectivity index (χ1) is 16.2. The fraction of sp³-hybridized carbons (Fsp3) is 0.500. The van der Waals surface area contributed by atoms with Gasteiger partial charge in [-0.05, 0) is 61.7 Å². The maximum atomic E-state index is 12.5. The minimum Gasteiger partial charge on any atom is -0.457 e. The number of ether oxygens (including phenoxy) is 4. The number of amides is 1. The van der Waals surface area contributed by atoms with Gasteiger partial charge < -0.3 is 24.3 Å². The molecule has 3 fully saturated rings. The minimum absolute atomic E-state index is 0.0687. The van der Waals surface area contributed by atoms with Gasteiger partial charge in [0.05, 0.1) is 19.3 Å². The lowest BCUT2D eigenvalue weighted by atomic mass is 9.89. The van der Waals surface area contributed by atoms with Crippen molar-refractivity contribution in [1.29, 1.82) is 0 Å². The van der Waals surface area contributed by atoms with Crippen molar-refractivity contribution in [2.75, 3.05) is 25.1 Å². The number of hydrogen-bond donors (Lipinski definition) is 2. The topological polar surface area (TPSA) is 78.1 Å². The first-order valence-electron chi connectivity index (χ1n) is 12.0. The van der Waals surface area contributed by atoms with Crippen LogP contribution >= 0.6 is 0 Å². The molecule has 5 rings (SSSR count). The fourth-order valence-corrected chi connectivity index (χ4v) is 4.97. The zero-order chi connectivity index (χ0) is 22.5. The van der Waals surface area contributed by atoms with Gasteiger partial charge in [0.25, 0.3) is 0 Å². The SMILES string of the molecule is O=C(Nc1ccc(Oc2ccccc2)cc1)OC1COC2C(NCC3CCCCC3)COC12. The highest BCUT2D eigenvalue weighted by atomic mass is 16.6. The molecule has 2 aromatic carbocycles. The summed E-state index contributed by atoms with van der Waals surface area (Å²) < 4.78 is 23.3. The Kier molecular flexibility index (Phi) is 7.09. The first kappa shape index (κ1) is 22.2. The van der Waals surface area contributed by atoms with E-state index in [1.807, 2.05) is 30.3 Å². The predicted molar refractivity (Wildman–Crippen MR) is 125 cm³/mol. The molecule has 1 saturated carbocycles. The average Bonchev–Trinajstić information content (AvgIpc) is 3.43. The highest BCUT2D eigenvalue weighted by Crippen LogP contribution is 2.30. The van der Waals surface area contributed by atoms with Gasteiger partial charge in [-0.15, -0.1) is 0 Å². The third-order valence-corrected chi connectivity index (χ3v) is 6.74. The molecule has 2 saturated heterocycles. The van der Waals surface area contributed by atoms with Crippen molar-refractivity contribution in [3.05, 3.63) is 54.6 Å². The van der Waals surface area contributed by atoms with Gasteiger partial charge in [0.2, 0.25) is 0 Å². The smallest absolute Gasteiger partial charge is 0.412 e. The van der Waals surface area contributed by atoms with E-state index in [1.165, 1.54) is 32.1 Å². The van der Waals surface area contributed by atoms with Gasteiger partial charge in [-0.2, -0.15) is 0 Å². The number of rotatable bonds is 7. The maximum absolute atomic E-state index is 12.5. The Bertz CT molecular complexity index is 901. The molecule has 1 aliphatic carbocycles. The largest absolute Gasteiger partial charge is 0.457 e. The van der Waals surface area contributed by atoms with Crippen LogP contribution in [0.5, 0.6) is 11.5 Å². The lowest BCUT2D eigenvalue weighted by molar-refractivity contribution is 0.00850. The number of benzene rings is 2. The number of fused-ring (bicyclic) bond motifs is 1. The van der Waals surface area contributed by atoms with Crippen molar-refractivity contribution < 1.29 is 23.7 Å². The third kappa shape index (κ3) is 5.66. The van der Waals surface area contributed by atoms with E-state index in [4.69, 9.17) is 18.9 Å². The molecule has 3 aliphatic rings. The van der Waals surface area contributed by atoms with Crippen molar-refractivity contribution in [2.45, 2.75) is 56.5 Å². The molecule has 7 heteroatoms. The van der Waals surface area contributed by atoms with Crippen LogP contribution in [0.15, 0.2) is 54.6 Å². The van der Waals surface area contributed by atoms with Gasteiger partial charge >= 0.3 is 6.09 Å². The molecular weight excluding hydrogens is 420 g/mol. The van der Waals surface area contributed by atoms with Gasteiger partial charge in [0.15, 0.2) is 6.10 Å². The summed E-state index contributed by atoms with van der Waals surface area (Å²) in [5, 5.41) is 6.42. The minimum atomic E-state index is -0.511. The number of nitrogens with one attached hydrogen (secondary N) is 2. The van der Waals surface area contributed by atoms with Crippen LogP contribution in [-0.4, -0.2) is 50.2 Å². The van der Waals surface area contributed by atoms with E-state index in [0.717, 1.165) is 18.2 Å². The fourth-order valence-electron chi connectivity index (χ4n) is 4.97. The van der Waals surface area contributed by atoms with Crippen LogP contribution in [0.3, 0.4) is 0 Å². The Hall–Kier alpha value is -2.61. The summed E-state index contributed by atoms with van der Waals surface area (Å²) in [5.41, 5.74) is 0.634. The lowest BCUT2D eigenvalue weighted by Gasteiger charge is -2.25. The van der Waals surface area contributed by atoms with Crippen molar-refractivity contribution in [3.8, 4) is 11.5 Å². The molecule has 2 heterocycles. The summed E-state index contributed by atoms with van der Waals surface area (Å²) in [6.45, 7) is 1.96. The Labute approximate surface area is 194 Å². The summed E-state index contributed by atoms with van der Waals surface area (Å²) in [6, 6.07) is 16.9. The molecule has 0 radical (unpaired) electrons. The number of anilines is 1. The average molecular weight is 453 g/mol. The Morgan fingerprint density at radius 2 is 1.61 bits per heavy atom. The highest BCUT2D eigenvalue weighted by molar-refractivity contribution is 5.84. The number of hydrogen-bond acceptors (Lipinski definition) is 6. The standard InChI is InChI=1S/C26H32N2O5/c29-26(28-19-11-13-21(14-12-19)32-20-9-5-2-6-10-20)33-23-17-31-24-22(16-30-25(23)24)27-15-18-7-3-1-4-8-18/h2,5-6,9-14,18,22-25,27H,1,3-4,7-8,15-17H2,(H,28,29). The predicted octanol–water partition coefficient (Wildman–Crippen LogP) is 4.73. The molecule has 4 atom stereocenters. The zero-order valence-electron chi connectivity index (χ0n) is 18.8. The van der Waals surface area contributed by atoms with Gasteiger partial charge in [0, 0.05) is 5.69 Å². The van der Waals surface area contributed by atoms with E-state index in [9.17, 15) is 4.79 Å². The molecule has 1 amide bonds. The number of carbonyl (C=O) groups excluding carboxylic acids is 1. The van der Waals surface area contributed by atoms with Crippen molar-refractivity contribution in [2.24, 2.45) is 5.92 Å². The summed E-state index contributed by atoms with van der Waals surface area (Å²) in [7, 11) is 0. The first-order valence-corrected chi connectivity index (χ1v) is 12.0. The van der Waals surface area contributed by atoms with Gasteiger partial charge in [-0.3, -0.25) is 5.32 Å². The van der Waals surface area contributed by atoms with Crippen LogP contribution in [0.25, 0.3) is 0 Å². The second kappa shape index (κ2) is 10.5. The summed E-state index contributed by atoms with van der Waals surface area (Å²) in [6.07, 6.45) is 5.45. The van der Waals surface area contributed by atoms with E-state index < -0.39 is 12.2 Å².